The van der Waals surface area contributed by atoms with Gasteiger partial charge in [0.05, 0.1) is 13.2 Å². The average molecular weight is 431 g/mol. The molecular formula is C22H30N4O5. The second-order valence-electron chi connectivity index (χ2n) is 8.11. The molecule has 0 N–H and O–H groups in total. The van der Waals surface area contributed by atoms with Crippen molar-refractivity contribution in [2.75, 3.05) is 24.6 Å². The minimum absolute atomic E-state index is 0.294. The standard InChI is InChI=1S/C22H30N4O5/c1-5-30-20(28)22(2,3)31-17-10-8-16(9-11-17)12-15-26-21(29)24(4)19(27)18(23-26)25-13-6-7-14-25/h8-11H,5-7,12-15H2,1-4H3. The Labute approximate surface area is 181 Å². The predicted octanol–water partition coefficient (Wildman–Crippen LogP) is 1.51. The van der Waals surface area contributed by atoms with E-state index in [0.717, 1.165) is 36.1 Å². The molecule has 0 atom stereocenters. The zero-order chi connectivity index (χ0) is 22.6. The van der Waals surface area contributed by atoms with Crippen LogP contribution in [0, 0.1) is 0 Å². The molecule has 1 aliphatic rings. The highest BCUT2D eigenvalue weighted by atomic mass is 16.6. The third-order valence-corrected chi connectivity index (χ3v) is 5.30. The first-order valence-electron chi connectivity index (χ1n) is 10.6. The van der Waals surface area contributed by atoms with E-state index in [4.69, 9.17) is 9.47 Å². The first kappa shape index (κ1) is 22.6. The summed E-state index contributed by atoms with van der Waals surface area (Å²) in [5.41, 5.74) is -0.889. The van der Waals surface area contributed by atoms with Crippen molar-refractivity contribution >= 4 is 11.8 Å². The van der Waals surface area contributed by atoms with Crippen LogP contribution in [-0.4, -0.2) is 45.6 Å². The second-order valence-corrected chi connectivity index (χ2v) is 8.11. The molecule has 0 bridgehead atoms. The molecule has 0 radical (unpaired) electrons. The maximum absolute atomic E-state index is 12.5. The lowest BCUT2D eigenvalue weighted by molar-refractivity contribution is -0.158. The number of rotatable bonds is 8. The molecular weight excluding hydrogens is 400 g/mol. The van der Waals surface area contributed by atoms with E-state index in [2.05, 4.69) is 5.10 Å². The molecule has 3 rings (SSSR count). The maximum atomic E-state index is 12.5. The Balaban J connectivity index is 1.70. The Morgan fingerprint density at radius 3 is 2.39 bits per heavy atom. The fraction of sp³-hybridized carbons (Fsp3) is 0.545. The number of hydrogen-bond acceptors (Lipinski definition) is 7. The Kier molecular flexibility index (Phi) is 6.82. The van der Waals surface area contributed by atoms with Gasteiger partial charge in [-0.2, -0.15) is 0 Å². The van der Waals surface area contributed by atoms with Crippen molar-refractivity contribution in [2.45, 2.75) is 52.2 Å². The number of benzene rings is 1. The summed E-state index contributed by atoms with van der Waals surface area (Å²) in [5.74, 6) is 0.466. The van der Waals surface area contributed by atoms with Gasteiger partial charge in [0.1, 0.15) is 5.75 Å². The number of hydrogen-bond donors (Lipinski definition) is 0. The molecule has 0 amide bonds. The summed E-state index contributed by atoms with van der Waals surface area (Å²) >= 11 is 0. The van der Waals surface area contributed by atoms with E-state index in [1.807, 2.05) is 17.0 Å². The fourth-order valence-electron chi connectivity index (χ4n) is 3.48. The van der Waals surface area contributed by atoms with Crippen LogP contribution in [0.4, 0.5) is 5.82 Å². The number of carbonyl (C=O) groups is 1. The first-order chi connectivity index (χ1) is 14.7. The smallest absolute Gasteiger partial charge is 0.349 e. The quantitative estimate of drug-likeness (QED) is 0.586. The number of ether oxygens (including phenoxy) is 2. The summed E-state index contributed by atoms with van der Waals surface area (Å²) in [6.45, 7) is 7.28. The van der Waals surface area contributed by atoms with Crippen LogP contribution in [0.1, 0.15) is 39.2 Å². The predicted molar refractivity (Wildman–Crippen MR) is 117 cm³/mol. The summed E-state index contributed by atoms with van der Waals surface area (Å²) in [7, 11) is 1.49. The molecule has 2 heterocycles. The van der Waals surface area contributed by atoms with E-state index in [1.165, 1.54) is 11.7 Å². The Morgan fingerprint density at radius 2 is 1.77 bits per heavy atom. The second kappa shape index (κ2) is 9.36. The highest BCUT2D eigenvalue weighted by molar-refractivity contribution is 5.79. The van der Waals surface area contributed by atoms with Gasteiger partial charge < -0.3 is 14.4 Å². The number of esters is 1. The van der Waals surface area contributed by atoms with Gasteiger partial charge in [-0.25, -0.2) is 14.3 Å². The highest BCUT2D eigenvalue weighted by Crippen LogP contribution is 2.20. The van der Waals surface area contributed by atoms with Gasteiger partial charge in [0.25, 0.3) is 5.56 Å². The van der Waals surface area contributed by atoms with Gasteiger partial charge in [-0.3, -0.25) is 9.36 Å². The summed E-state index contributed by atoms with van der Waals surface area (Å²) in [6, 6.07) is 7.32. The molecule has 168 valence electrons. The van der Waals surface area contributed by atoms with Crippen molar-refractivity contribution < 1.29 is 14.3 Å². The molecule has 1 aliphatic heterocycles. The largest absolute Gasteiger partial charge is 0.476 e. The van der Waals surface area contributed by atoms with Crippen LogP contribution < -0.4 is 20.9 Å². The lowest BCUT2D eigenvalue weighted by Gasteiger charge is -2.24. The Morgan fingerprint density at radius 1 is 1.13 bits per heavy atom. The average Bonchev–Trinajstić information content (AvgIpc) is 3.27. The van der Waals surface area contributed by atoms with E-state index in [0.29, 0.717) is 31.1 Å². The minimum atomic E-state index is -1.09. The molecule has 0 saturated carbocycles. The molecule has 0 spiro atoms. The number of carbonyl (C=O) groups excluding carboxylic acids is 1. The van der Waals surface area contributed by atoms with Crippen LogP contribution in [-0.2, 0) is 29.5 Å². The number of nitrogens with zero attached hydrogens (tertiary/aromatic N) is 4. The van der Waals surface area contributed by atoms with Gasteiger partial charge in [-0.15, -0.1) is 5.10 Å². The van der Waals surface area contributed by atoms with Gasteiger partial charge in [0.2, 0.25) is 5.82 Å². The van der Waals surface area contributed by atoms with Crippen molar-refractivity contribution in [3.8, 4) is 5.75 Å². The topological polar surface area (TPSA) is 95.7 Å². The van der Waals surface area contributed by atoms with E-state index in [1.54, 1.807) is 32.9 Å². The SMILES string of the molecule is CCOC(=O)C(C)(C)Oc1ccc(CCn2nc(N3CCCC3)c(=O)n(C)c2=O)cc1. The molecule has 2 aromatic rings. The van der Waals surface area contributed by atoms with Gasteiger partial charge in [0, 0.05) is 20.1 Å². The molecule has 1 saturated heterocycles. The van der Waals surface area contributed by atoms with Crippen LogP contribution in [0.5, 0.6) is 5.75 Å². The lowest BCUT2D eigenvalue weighted by Crippen LogP contribution is -2.43. The van der Waals surface area contributed by atoms with Crippen molar-refractivity contribution in [1.29, 1.82) is 0 Å². The van der Waals surface area contributed by atoms with Crippen molar-refractivity contribution in [1.82, 2.24) is 14.3 Å². The molecule has 1 aromatic heterocycles. The summed E-state index contributed by atoms with van der Waals surface area (Å²) < 4.78 is 13.3. The maximum Gasteiger partial charge on any atom is 0.349 e. The molecule has 1 aromatic carbocycles. The van der Waals surface area contributed by atoms with E-state index in [-0.39, 0.29) is 5.56 Å². The number of aromatic nitrogens is 3. The monoisotopic (exact) mass is 430 g/mol. The third kappa shape index (κ3) is 5.15. The fourth-order valence-corrected chi connectivity index (χ4v) is 3.48. The van der Waals surface area contributed by atoms with Gasteiger partial charge in [0.15, 0.2) is 5.60 Å². The highest BCUT2D eigenvalue weighted by Gasteiger charge is 2.31. The number of anilines is 1. The van der Waals surface area contributed by atoms with E-state index >= 15 is 0 Å². The number of aryl methyl sites for hydroxylation is 2. The zero-order valence-electron chi connectivity index (χ0n) is 18.6. The normalized spacial score (nSPS) is 14.0. The van der Waals surface area contributed by atoms with Crippen molar-refractivity contribution in [3.63, 3.8) is 0 Å². The third-order valence-electron chi connectivity index (χ3n) is 5.30. The summed E-state index contributed by atoms with van der Waals surface area (Å²) in [4.78, 5) is 38.9. The first-order valence-corrected chi connectivity index (χ1v) is 10.6. The van der Waals surface area contributed by atoms with Gasteiger partial charge >= 0.3 is 11.7 Å². The molecule has 9 heteroatoms. The molecule has 9 nitrogen and oxygen atoms in total. The van der Waals surface area contributed by atoms with Crippen molar-refractivity contribution in [2.24, 2.45) is 7.05 Å². The van der Waals surface area contributed by atoms with Crippen LogP contribution in [0.3, 0.4) is 0 Å². The van der Waals surface area contributed by atoms with Crippen LogP contribution >= 0.6 is 0 Å². The van der Waals surface area contributed by atoms with E-state index in [9.17, 15) is 14.4 Å². The molecule has 1 fully saturated rings. The summed E-state index contributed by atoms with van der Waals surface area (Å²) in [6.07, 6.45) is 2.60. The van der Waals surface area contributed by atoms with Gasteiger partial charge in [-0.05, 0) is 57.7 Å². The van der Waals surface area contributed by atoms with Gasteiger partial charge in [-0.1, -0.05) is 12.1 Å². The minimum Gasteiger partial charge on any atom is -0.476 e. The summed E-state index contributed by atoms with van der Waals surface area (Å²) in [5, 5.41) is 4.35. The van der Waals surface area contributed by atoms with Crippen molar-refractivity contribution in [3.05, 3.63) is 50.7 Å². The zero-order valence-corrected chi connectivity index (χ0v) is 18.6. The lowest BCUT2D eigenvalue weighted by atomic mass is 10.1. The Hall–Kier alpha value is -3.10. The Bertz CT molecular complexity index is 1030. The van der Waals surface area contributed by atoms with Crippen LogP contribution in [0.15, 0.2) is 33.9 Å². The molecule has 31 heavy (non-hydrogen) atoms. The van der Waals surface area contributed by atoms with Crippen LogP contribution in [0.25, 0.3) is 0 Å². The molecule has 0 unspecified atom stereocenters. The van der Waals surface area contributed by atoms with Crippen LogP contribution in [0.2, 0.25) is 0 Å². The molecule has 0 aliphatic carbocycles. The van der Waals surface area contributed by atoms with E-state index < -0.39 is 17.3 Å².